The fourth-order valence-electron chi connectivity index (χ4n) is 3.23. The van der Waals surface area contributed by atoms with Gasteiger partial charge in [0.2, 0.25) is 0 Å². The van der Waals surface area contributed by atoms with Crippen molar-refractivity contribution in [3.63, 3.8) is 0 Å². The molecule has 0 bridgehead atoms. The molecular weight excluding hydrogens is 317 g/mol. The quantitative estimate of drug-likeness (QED) is 0.874. The molecule has 2 saturated heterocycles. The van der Waals surface area contributed by atoms with E-state index in [1.807, 2.05) is 0 Å². The molecular formula is C14H15Cl2NO4. The number of cyclic esters (lactones) is 1. The van der Waals surface area contributed by atoms with Crippen LogP contribution in [0.4, 0.5) is 4.79 Å². The maximum absolute atomic E-state index is 11.9. The first-order valence-electron chi connectivity index (χ1n) is 6.64. The summed E-state index contributed by atoms with van der Waals surface area (Å²) in [7, 11) is 0. The Morgan fingerprint density at radius 3 is 2.86 bits per heavy atom. The average Bonchev–Trinajstić information content (AvgIpc) is 2.97. The smallest absolute Gasteiger partial charge is 0.410 e. The molecule has 0 saturated carbocycles. The van der Waals surface area contributed by atoms with Gasteiger partial charge in [-0.2, -0.15) is 0 Å². The van der Waals surface area contributed by atoms with E-state index in [2.05, 4.69) is 0 Å². The molecule has 3 atom stereocenters. The summed E-state index contributed by atoms with van der Waals surface area (Å²) in [4.78, 5) is 13.5. The van der Waals surface area contributed by atoms with E-state index < -0.39 is 11.7 Å². The van der Waals surface area contributed by atoms with Gasteiger partial charge >= 0.3 is 6.09 Å². The second kappa shape index (κ2) is 4.93. The molecule has 0 aliphatic carbocycles. The minimum Gasteiger partial charge on any atom is -0.508 e. The number of rotatable bonds is 2. The highest BCUT2D eigenvalue weighted by Gasteiger charge is 2.55. The number of phenolic OH excluding ortho intramolecular Hbond substituents is 1. The van der Waals surface area contributed by atoms with E-state index in [1.165, 1.54) is 12.1 Å². The van der Waals surface area contributed by atoms with E-state index in [0.29, 0.717) is 28.6 Å². The van der Waals surface area contributed by atoms with E-state index in [1.54, 1.807) is 11.8 Å². The Morgan fingerprint density at radius 1 is 1.48 bits per heavy atom. The number of amides is 1. The molecule has 5 nitrogen and oxygen atoms in total. The molecule has 1 unspecified atom stereocenters. The topological polar surface area (TPSA) is 70.0 Å². The van der Waals surface area contributed by atoms with Crippen molar-refractivity contribution in [3.05, 3.63) is 27.7 Å². The van der Waals surface area contributed by atoms with Crippen LogP contribution < -0.4 is 0 Å². The van der Waals surface area contributed by atoms with Crippen molar-refractivity contribution in [2.24, 2.45) is 0 Å². The predicted octanol–water partition coefficient (Wildman–Crippen LogP) is 2.76. The van der Waals surface area contributed by atoms with Crippen LogP contribution >= 0.6 is 23.2 Å². The van der Waals surface area contributed by atoms with Crippen molar-refractivity contribution in [1.29, 1.82) is 0 Å². The van der Waals surface area contributed by atoms with Crippen LogP contribution in [-0.4, -0.2) is 46.0 Å². The molecule has 114 valence electrons. The van der Waals surface area contributed by atoms with Crippen LogP contribution in [-0.2, 0) is 4.74 Å². The highest BCUT2D eigenvalue weighted by Crippen LogP contribution is 2.47. The van der Waals surface area contributed by atoms with E-state index in [-0.39, 0.29) is 24.3 Å². The fraction of sp³-hybridized carbons (Fsp3) is 0.500. The van der Waals surface area contributed by atoms with Crippen molar-refractivity contribution in [2.75, 3.05) is 13.2 Å². The first kappa shape index (κ1) is 14.8. The van der Waals surface area contributed by atoms with Gasteiger partial charge in [-0.15, -0.1) is 0 Å². The number of nitrogens with zero attached hydrogens (tertiary/aromatic N) is 1. The summed E-state index contributed by atoms with van der Waals surface area (Å²) in [5.41, 5.74) is -0.376. The first-order chi connectivity index (χ1) is 9.87. The van der Waals surface area contributed by atoms with E-state index in [4.69, 9.17) is 27.9 Å². The third-order valence-corrected chi connectivity index (χ3v) is 5.21. The van der Waals surface area contributed by atoms with Gasteiger partial charge in [0.25, 0.3) is 0 Å². The summed E-state index contributed by atoms with van der Waals surface area (Å²) in [6.45, 7) is 1.84. The Labute approximate surface area is 132 Å². The maximum atomic E-state index is 11.9. The second-order valence-electron chi connectivity index (χ2n) is 5.73. The number of aliphatic hydroxyl groups excluding tert-OH is 1. The number of aliphatic hydroxyl groups is 1. The zero-order valence-corrected chi connectivity index (χ0v) is 12.9. The SMILES string of the molecule is CC1(CO)OC(=O)N2C[C@@H](c3c(O)ccc(Cl)c3Cl)C[C@H]21. The monoisotopic (exact) mass is 331 g/mol. The summed E-state index contributed by atoms with van der Waals surface area (Å²) in [6.07, 6.45) is 0.104. The van der Waals surface area contributed by atoms with Crippen LogP contribution in [0.15, 0.2) is 12.1 Å². The Bertz CT molecular complexity index is 609. The minimum atomic E-state index is -0.924. The highest BCUT2D eigenvalue weighted by atomic mass is 35.5. The highest BCUT2D eigenvalue weighted by molar-refractivity contribution is 6.42. The molecule has 0 aromatic heterocycles. The standard InChI is InChI=1S/C14H15Cl2NO4/c1-14(6-18)10-4-7(5-17(10)13(20)21-14)11-9(19)3-2-8(15)12(11)16/h2-3,7,10,18-19H,4-6H2,1H3/t7-,10-,14?/m0/s1. The number of ether oxygens (including phenoxy) is 1. The summed E-state index contributed by atoms with van der Waals surface area (Å²) < 4.78 is 5.25. The van der Waals surface area contributed by atoms with E-state index in [9.17, 15) is 15.0 Å². The second-order valence-corrected chi connectivity index (χ2v) is 6.52. The molecule has 0 radical (unpaired) electrons. The van der Waals surface area contributed by atoms with Crippen molar-refractivity contribution in [3.8, 4) is 5.75 Å². The Kier molecular flexibility index (Phi) is 3.47. The molecule has 2 aliphatic heterocycles. The van der Waals surface area contributed by atoms with Gasteiger partial charge in [-0.1, -0.05) is 23.2 Å². The number of fused-ring (bicyclic) bond motifs is 1. The van der Waals surface area contributed by atoms with Gasteiger partial charge in [0.1, 0.15) is 5.75 Å². The lowest BCUT2D eigenvalue weighted by atomic mass is 9.89. The third kappa shape index (κ3) is 2.15. The minimum absolute atomic E-state index is 0.0645. The van der Waals surface area contributed by atoms with Crippen molar-refractivity contribution < 1.29 is 19.7 Å². The largest absolute Gasteiger partial charge is 0.508 e. The molecule has 1 amide bonds. The van der Waals surface area contributed by atoms with Crippen molar-refractivity contribution in [1.82, 2.24) is 4.90 Å². The van der Waals surface area contributed by atoms with E-state index >= 15 is 0 Å². The lowest BCUT2D eigenvalue weighted by Gasteiger charge is -2.25. The molecule has 0 spiro atoms. The number of hydrogen-bond acceptors (Lipinski definition) is 4. The van der Waals surface area contributed by atoms with Gasteiger partial charge < -0.3 is 19.8 Å². The molecule has 2 N–H and O–H groups in total. The zero-order valence-electron chi connectivity index (χ0n) is 11.3. The van der Waals surface area contributed by atoms with Gasteiger partial charge in [-0.05, 0) is 25.5 Å². The lowest BCUT2D eigenvalue weighted by Crippen LogP contribution is -2.42. The van der Waals surface area contributed by atoms with Gasteiger partial charge in [-0.3, -0.25) is 0 Å². The number of halogens is 2. The Balaban J connectivity index is 1.96. The summed E-state index contributed by atoms with van der Waals surface area (Å²) in [6, 6.07) is 2.79. The van der Waals surface area contributed by atoms with Crippen LogP contribution in [0.2, 0.25) is 10.0 Å². The summed E-state index contributed by atoms with van der Waals surface area (Å²) in [5, 5.41) is 20.2. The molecule has 2 fully saturated rings. The molecule has 1 aromatic carbocycles. The fourth-order valence-corrected chi connectivity index (χ4v) is 3.71. The first-order valence-corrected chi connectivity index (χ1v) is 7.40. The molecule has 3 rings (SSSR count). The van der Waals surface area contributed by atoms with Gasteiger partial charge in [0.15, 0.2) is 5.60 Å². The van der Waals surface area contributed by atoms with Crippen LogP contribution in [0, 0.1) is 0 Å². The number of carbonyl (C=O) groups excluding carboxylic acids is 1. The van der Waals surface area contributed by atoms with Crippen molar-refractivity contribution in [2.45, 2.75) is 30.9 Å². The van der Waals surface area contributed by atoms with E-state index in [0.717, 1.165) is 0 Å². The molecule has 1 aromatic rings. The van der Waals surface area contributed by atoms with Crippen LogP contribution in [0.25, 0.3) is 0 Å². The van der Waals surface area contributed by atoms with Gasteiger partial charge in [-0.25, -0.2) is 4.79 Å². The maximum Gasteiger partial charge on any atom is 0.410 e. The number of carbonyl (C=O) groups is 1. The Hall–Kier alpha value is -1.17. The molecule has 2 aliphatic rings. The molecule has 21 heavy (non-hydrogen) atoms. The predicted molar refractivity (Wildman–Crippen MR) is 78.0 cm³/mol. The normalized spacial score (nSPS) is 31.4. The zero-order chi connectivity index (χ0) is 15.4. The van der Waals surface area contributed by atoms with Crippen molar-refractivity contribution >= 4 is 29.3 Å². The lowest BCUT2D eigenvalue weighted by molar-refractivity contribution is 0.000607. The van der Waals surface area contributed by atoms with Crippen LogP contribution in [0.3, 0.4) is 0 Å². The summed E-state index contributed by atoms with van der Waals surface area (Å²) in [5.74, 6) is -0.0745. The average molecular weight is 332 g/mol. The number of phenols is 1. The van der Waals surface area contributed by atoms with Gasteiger partial charge in [0, 0.05) is 18.0 Å². The third-order valence-electron chi connectivity index (χ3n) is 4.39. The molecule has 7 heteroatoms. The number of benzene rings is 1. The van der Waals surface area contributed by atoms with Crippen LogP contribution in [0.1, 0.15) is 24.8 Å². The number of hydrogen-bond donors (Lipinski definition) is 2. The number of aromatic hydroxyl groups is 1. The van der Waals surface area contributed by atoms with Crippen LogP contribution in [0.5, 0.6) is 5.75 Å². The summed E-state index contributed by atoms with van der Waals surface area (Å²) >= 11 is 12.2. The molecule has 2 heterocycles. The van der Waals surface area contributed by atoms with Gasteiger partial charge in [0.05, 0.1) is 22.7 Å². The Morgan fingerprint density at radius 2 is 2.19 bits per heavy atom.